The number of hydrogen-bond acceptors (Lipinski definition) is 9. The normalized spacial score (nSPS) is 19.2. The third-order valence-corrected chi connectivity index (χ3v) is 8.03. The number of ether oxygens (including phenoxy) is 2. The van der Waals surface area contributed by atoms with Crippen molar-refractivity contribution in [3.8, 4) is 11.6 Å². The quantitative estimate of drug-likeness (QED) is 0.417. The molecule has 1 N–H and O–H groups in total. The third-order valence-electron chi connectivity index (χ3n) is 7.03. The summed E-state index contributed by atoms with van der Waals surface area (Å²) in [5.41, 5.74) is 0.793. The van der Waals surface area contributed by atoms with Gasteiger partial charge in [-0.3, -0.25) is 9.69 Å². The number of aromatic nitrogens is 1. The molecule has 40 heavy (non-hydrogen) atoms. The number of methoxy groups -OCH3 is 2. The van der Waals surface area contributed by atoms with Crippen LogP contribution in [-0.4, -0.2) is 66.8 Å². The number of pyridine rings is 1. The van der Waals surface area contributed by atoms with Crippen LogP contribution in [0.2, 0.25) is 0 Å². The fourth-order valence-electron chi connectivity index (χ4n) is 5.19. The van der Waals surface area contributed by atoms with E-state index >= 15 is 0 Å². The van der Waals surface area contributed by atoms with Crippen LogP contribution in [0, 0.1) is 0 Å². The van der Waals surface area contributed by atoms with Crippen molar-refractivity contribution in [2.75, 3.05) is 43.7 Å². The van der Waals surface area contributed by atoms with E-state index in [4.69, 9.17) is 14.5 Å². The molecular formula is C27H28F3N5O4S. The van der Waals surface area contributed by atoms with Crippen LogP contribution in [-0.2, 0) is 11.0 Å². The first kappa shape index (κ1) is 27.6. The number of nitrogens with zero attached hydrogens (tertiary/aromatic N) is 5. The largest absolute Gasteiger partial charge is 0.495 e. The lowest BCUT2D eigenvalue weighted by molar-refractivity contribution is -0.138. The molecule has 2 atom stereocenters. The van der Waals surface area contributed by atoms with Gasteiger partial charge in [0.15, 0.2) is 0 Å². The molecule has 13 heteroatoms. The zero-order valence-electron chi connectivity index (χ0n) is 22.1. The highest BCUT2D eigenvalue weighted by Crippen LogP contribution is 2.47. The molecule has 0 aliphatic carbocycles. The molecule has 212 valence electrons. The van der Waals surface area contributed by atoms with E-state index in [1.165, 1.54) is 24.5 Å². The van der Waals surface area contributed by atoms with Gasteiger partial charge in [0.05, 0.1) is 48.5 Å². The molecule has 0 radical (unpaired) electrons. The number of fused-ring (bicyclic) bond motifs is 1. The minimum atomic E-state index is -4.60. The van der Waals surface area contributed by atoms with Gasteiger partial charge in [-0.15, -0.1) is 11.3 Å². The highest BCUT2D eigenvalue weighted by Gasteiger charge is 2.41. The van der Waals surface area contributed by atoms with Crippen LogP contribution in [0.15, 0.2) is 53.0 Å². The van der Waals surface area contributed by atoms with Gasteiger partial charge in [-0.05, 0) is 42.6 Å². The van der Waals surface area contributed by atoms with Crippen LogP contribution in [0.1, 0.15) is 29.8 Å². The van der Waals surface area contributed by atoms with Gasteiger partial charge in [0.1, 0.15) is 5.75 Å². The van der Waals surface area contributed by atoms with Crippen molar-refractivity contribution in [1.82, 2.24) is 9.88 Å². The molecule has 0 amide bonds. The van der Waals surface area contributed by atoms with Crippen molar-refractivity contribution in [2.45, 2.75) is 31.6 Å². The summed E-state index contributed by atoms with van der Waals surface area (Å²) in [7, 11) is 2.93. The number of thiophene rings is 1. The van der Waals surface area contributed by atoms with Crippen molar-refractivity contribution < 1.29 is 32.5 Å². The summed E-state index contributed by atoms with van der Waals surface area (Å²) in [4.78, 5) is 27.5. The van der Waals surface area contributed by atoms with E-state index in [-0.39, 0.29) is 23.9 Å². The number of halogens is 3. The van der Waals surface area contributed by atoms with E-state index < -0.39 is 23.8 Å². The Labute approximate surface area is 233 Å². The molecule has 1 fully saturated rings. The maximum atomic E-state index is 13.8. The summed E-state index contributed by atoms with van der Waals surface area (Å²) in [5, 5.41) is 11.6. The van der Waals surface area contributed by atoms with Crippen LogP contribution >= 0.6 is 11.3 Å². The van der Waals surface area contributed by atoms with Gasteiger partial charge < -0.3 is 24.4 Å². The molecule has 3 aromatic rings. The van der Waals surface area contributed by atoms with Crippen LogP contribution in [0.25, 0.3) is 0 Å². The van der Waals surface area contributed by atoms with Crippen molar-refractivity contribution in [3.63, 3.8) is 0 Å². The second-order valence-corrected chi connectivity index (χ2v) is 10.4. The molecule has 0 spiro atoms. The first-order valence-electron chi connectivity index (χ1n) is 12.5. The molecule has 1 saturated heterocycles. The zero-order valence-corrected chi connectivity index (χ0v) is 22.9. The van der Waals surface area contributed by atoms with E-state index in [2.05, 4.69) is 9.88 Å². The fraction of sp³-hybridized carbons (Fsp3) is 0.370. The Balaban J connectivity index is 1.58. The van der Waals surface area contributed by atoms with Gasteiger partial charge in [0.25, 0.3) is 0 Å². The topological polar surface area (TPSA) is 90.7 Å². The number of carboxylic acid groups (broad SMARTS) is 1. The molecule has 0 saturated carbocycles. The summed E-state index contributed by atoms with van der Waals surface area (Å²) < 4.78 is 52.2. The Morgan fingerprint density at radius 2 is 1.95 bits per heavy atom. The number of rotatable bonds is 6. The predicted molar refractivity (Wildman–Crippen MR) is 146 cm³/mol. The van der Waals surface area contributed by atoms with Crippen LogP contribution in [0.5, 0.6) is 11.6 Å². The highest BCUT2D eigenvalue weighted by atomic mass is 32.1. The molecule has 0 bridgehead atoms. The molecule has 2 aromatic heterocycles. The number of hydrogen-bond donors (Lipinski definition) is 1. The van der Waals surface area contributed by atoms with E-state index in [1.807, 2.05) is 29.3 Å². The second-order valence-electron chi connectivity index (χ2n) is 9.49. The monoisotopic (exact) mass is 575 g/mol. The number of piperazine rings is 1. The molecule has 4 heterocycles. The lowest BCUT2D eigenvalue weighted by Crippen LogP contribution is -2.58. The Kier molecular flexibility index (Phi) is 7.49. The SMILES string of the molecule is COc1cc(N2CCN(C3=Nc4ccsc4[C@@H](CC(=O)O)N3c3cc(C(F)(F)F)ccc3OC)C[C@H]2C)ccn1. The Morgan fingerprint density at radius 3 is 2.62 bits per heavy atom. The average Bonchev–Trinajstić information content (AvgIpc) is 3.40. The number of guanidine groups is 1. The first-order valence-corrected chi connectivity index (χ1v) is 13.4. The average molecular weight is 576 g/mol. The molecule has 0 unspecified atom stereocenters. The van der Waals surface area contributed by atoms with E-state index in [1.54, 1.807) is 24.3 Å². The minimum absolute atomic E-state index is 0.0180. The van der Waals surface area contributed by atoms with E-state index in [0.29, 0.717) is 42.0 Å². The molecule has 1 aromatic carbocycles. The number of anilines is 2. The molecule has 5 rings (SSSR count). The number of aliphatic carboxylic acids is 1. The summed E-state index contributed by atoms with van der Waals surface area (Å²) in [6.07, 6.45) is -3.26. The molecular weight excluding hydrogens is 547 g/mol. The van der Waals surface area contributed by atoms with Crippen LogP contribution in [0.3, 0.4) is 0 Å². The van der Waals surface area contributed by atoms with Gasteiger partial charge in [0, 0.05) is 43.6 Å². The molecule has 9 nitrogen and oxygen atoms in total. The number of carbonyl (C=O) groups is 1. The summed E-state index contributed by atoms with van der Waals surface area (Å²) in [6.45, 7) is 3.61. The Morgan fingerprint density at radius 1 is 1.15 bits per heavy atom. The van der Waals surface area contributed by atoms with Gasteiger partial charge in [-0.25, -0.2) is 9.98 Å². The van der Waals surface area contributed by atoms with Crippen molar-refractivity contribution in [1.29, 1.82) is 0 Å². The van der Waals surface area contributed by atoms with Gasteiger partial charge in [-0.2, -0.15) is 13.2 Å². The fourth-order valence-corrected chi connectivity index (χ4v) is 6.11. The Bertz CT molecular complexity index is 1430. The summed E-state index contributed by atoms with van der Waals surface area (Å²) in [5.74, 6) is -0.0142. The predicted octanol–water partition coefficient (Wildman–Crippen LogP) is 5.41. The molecule has 2 aliphatic heterocycles. The second kappa shape index (κ2) is 10.9. The van der Waals surface area contributed by atoms with Crippen LogP contribution < -0.4 is 19.3 Å². The number of aliphatic imine (C=N–C) groups is 1. The lowest BCUT2D eigenvalue weighted by Gasteiger charge is -2.47. The third kappa shape index (κ3) is 5.25. The zero-order chi connectivity index (χ0) is 28.6. The van der Waals surface area contributed by atoms with Crippen LogP contribution in [0.4, 0.5) is 30.2 Å². The van der Waals surface area contributed by atoms with E-state index in [0.717, 1.165) is 17.8 Å². The minimum Gasteiger partial charge on any atom is -0.495 e. The summed E-state index contributed by atoms with van der Waals surface area (Å²) in [6, 6.07) is 7.97. The van der Waals surface area contributed by atoms with Crippen molar-refractivity contribution >= 4 is 40.3 Å². The first-order chi connectivity index (χ1) is 19.1. The maximum Gasteiger partial charge on any atom is 0.416 e. The number of carboxylic acids is 1. The van der Waals surface area contributed by atoms with Gasteiger partial charge in [-0.1, -0.05) is 0 Å². The molecule has 2 aliphatic rings. The standard InChI is InChI=1S/C27H28F3N5O4S/c1-16-15-33(9-10-34(16)18-6-8-31-23(13-18)39-3)26-32-19-7-11-40-25(19)21(14-24(36)37)35(26)20-12-17(27(28,29)30)4-5-22(20)38-2/h4-8,11-13,16,21H,9-10,14-15H2,1-3H3,(H,36,37)/t16-,21-/m1/s1. The van der Waals surface area contributed by atoms with Gasteiger partial charge >= 0.3 is 12.1 Å². The number of alkyl halides is 3. The lowest BCUT2D eigenvalue weighted by atomic mass is 10.0. The maximum absolute atomic E-state index is 13.8. The summed E-state index contributed by atoms with van der Waals surface area (Å²) >= 11 is 1.33. The van der Waals surface area contributed by atoms with Gasteiger partial charge in [0.2, 0.25) is 11.8 Å². The van der Waals surface area contributed by atoms with Crippen molar-refractivity contribution in [2.24, 2.45) is 4.99 Å². The van der Waals surface area contributed by atoms with E-state index in [9.17, 15) is 23.1 Å². The van der Waals surface area contributed by atoms with Crippen molar-refractivity contribution in [3.05, 3.63) is 58.4 Å². The highest BCUT2D eigenvalue weighted by molar-refractivity contribution is 7.10. The number of benzene rings is 1. The smallest absolute Gasteiger partial charge is 0.416 e. The Hall–Kier alpha value is -4.00.